The second kappa shape index (κ2) is 6.95. The minimum atomic E-state index is -1.31. The van der Waals surface area contributed by atoms with E-state index in [0.717, 1.165) is 12.1 Å². The van der Waals surface area contributed by atoms with Gasteiger partial charge < -0.3 is 15.7 Å². The molecule has 1 aromatic rings. The molecule has 0 aliphatic carbocycles. The van der Waals surface area contributed by atoms with E-state index in [2.05, 4.69) is 10.6 Å². The van der Waals surface area contributed by atoms with Crippen molar-refractivity contribution in [1.82, 2.24) is 5.32 Å². The average Bonchev–Trinajstić information content (AvgIpc) is 2.77. The van der Waals surface area contributed by atoms with Gasteiger partial charge in [0.1, 0.15) is 5.92 Å². The Hall–Kier alpha value is -2.02. The Morgan fingerprint density at radius 2 is 2.05 bits per heavy atom. The van der Waals surface area contributed by atoms with Crippen LogP contribution in [0.4, 0.5) is 14.5 Å². The van der Waals surface area contributed by atoms with E-state index >= 15 is 0 Å². The summed E-state index contributed by atoms with van der Waals surface area (Å²) < 4.78 is 26.2. The minimum absolute atomic E-state index is 0.0391. The van der Waals surface area contributed by atoms with Crippen molar-refractivity contribution in [2.45, 2.75) is 20.0 Å². The smallest absolute Gasteiger partial charge is 0.239 e. The summed E-state index contributed by atoms with van der Waals surface area (Å²) in [5.74, 6) is -5.14. The zero-order valence-corrected chi connectivity index (χ0v) is 11.1. The highest BCUT2D eigenvalue weighted by molar-refractivity contribution is 6.08. The Labute approximate surface area is 115 Å². The number of carbonyl (C=O) groups is 2. The van der Waals surface area contributed by atoms with Gasteiger partial charge in [-0.1, -0.05) is 19.9 Å². The molecule has 1 aliphatic heterocycles. The van der Waals surface area contributed by atoms with Crippen molar-refractivity contribution >= 4 is 17.5 Å². The Kier molecular flexibility index (Phi) is 5.57. The first kappa shape index (κ1) is 16.0. The largest absolute Gasteiger partial charge is 0.390 e. The second-order valence-electron chi connectivity index (χ2n) is 3.88. The van der Waals surface area contributed by atoms with E-state index in [1.54, 1.807) is 0 Å². The van der Waals surface area contributed by atoms with Crippen LogP contribution in [-0.4, -0.2) is 29.6 Å². The molecule has 0 radical (unpaired) electrons. The second-order valence-corrected chi connectivity index (χ2v) is 3.88. The van der Waals surface area contributed by atoms with Crippen LogP contribution in [-0.2, 0) is 9.59 Å². The fraction of sp³-hybridized carbons (Fsp3) is 0.385. The number of aliphatic hydroxyl groups is 1. The van der Waals surface area contributed by atoms with Crippen LogP contribution in [0.5, 0.6) is 0 Å². The predicted molar refractivity (Wildman–Crippen MR) is 68.8 cm³/mol. The lowest BCUT2D eigenvalue weighted by Crippen LogP contribution is -2.35. The Balaban J connectivity index is 0.000000956. The van der Waals surface area contributed by atoms with E-state index in [4.69, 9.17) is 0 Å². The van der Waals surface area contributed by atoms with E-state index in [0.29, 0.717) is 0 Å². The molecule has 1 saturated heterocycles. The monoisotopic (exact) mass is 286 g/mol. The molecule has 1 aliphatic rings. The van der Waals surface area contributed by atoms with Crippen molar-refractivity contribution in [2.75, 3.05) is 11.9 Å². The molecule has 2 atom stereocenters. The van der Waals surface area contributed by atoms with Crippen molar-refractivity contribution < 1.29 is 23.5 Å². The molecule has 0 spiro atoms. The van der Waals surface area contributed by atoms with Crippen molar-refractivity contribution in [1.29, 1.82) is 0 Å². The topological polar surface area (TPSA) is 78.4 Å². The quantitative estimate of drug-likeness (QED) is 0.711. The third-order valence-corrected chi connectivity index (χ3v) is 2.64. The first-order valence-corrected chi connectivity index (χ1v) is 6.21. The van der Waals surface area contributed by atoms with Crippen LogP contribution >= 0.6 is 0 Å². The third-order valence-electron chi connectivity index (χ3n) is 2.64. The van der Waals surface area contributed by atoms with Gasteiger partial charge in [0.15, 0.2) is 11.6 Å². The summed E-state index contributed by atoms with van der Waals surface area (Å²) in [7, 11) is 0. The van der Waals surface area contributed by atoms with Gasteiger partial charge in [0.05, 0.1) is 11.8 Å². The molecule has 1 fully saturated rings. The molecule has 5 nitrogen and oxygen atoms in total. The lowest BCUT2D eigenvalue weighted by Gasteiger charge is -2.12. The van der Waals surface area contributed by atoms with E-state index in [1.807, 2.05) is 13.8 Å². The molecular weight excluding hydrogens is 270 g/mol. The molecule has 1 heterocycles. The van der Waals surface area contributed by atoms with Gasteiger partial charge in [-0.25, -0.2) is 8.78 Å². The summed E-state index contributed by atoms with van der Waals surface area (Å²) in [5.41, 5.74) is -0.369. The standard InChI is InChI=1S/C11H10F2N2O3.C2H6/c12-5-2-1-3-6(9(5)13)15-11(18)8-7(16)4-14-10(8)17;1-2/h1-3,7-8,16H,4H2,(H,14,17)(H,15,18);1-2H3. The summed E-state index contributed by atoms with van der Waals surface area (Å²) in [6.45, 7) is 3.96. The van der Waals surface area contributed by atoms with Crippen molar-refractivity contribution in [2.24, 2.45) is 5.92 Å². The maximum absolute atomic E-state index is 13.3. The molecule has 20 heavy (non-hydrogen) atoms. The Morgan fingerprint density at radius 3 is 2.60 bits per heavy atom. The average molecular weight is 286 g/mol. The summed E-state index contributed by atoms with van der Waals surface area (Å²) in [6, 6.07) is 3.29. The summed E-state index contributed by atoms with van der Waals surface area (Å²) in [5, 5.41) is 13.8. The molecular formula is C13H16F2N2O3. The van der Waals surface area contributed by atoms with E-state index in [1.165, 1.54) is 6.07 Å². The zero-order valence-electron chi connectivity index (χ0n) is 11.1. The predicted octanol–water partition coefficient (Wildman–Crippen LogP) is 1.04. The molecule has 0 aromatic heterocycles. The number of nitrogens with one attached hydrogen (secondary N) is 2. The molecule has 0 bridgehead atoms. The summed E-state index contributed by atoms with van der Waals surface area (Å²) in [6.07, 6.45) is -1.17. The number of hydrogen-bond acceptors (Lipinski definition) is 3. The highest BCUT2D eigenvalue weighted by Gasteiger charge is 2.39. The molecule has 2 rings (SSSR count). The number of benzene rings is 1. The fourth-order valence-corrected chi connectivity index (χ4v) is 1.71. The van der Waals surface area contributed by atoms with Crippen LogP contribution in [0.1, 0.15) is 13.8 Å². The number of anilines is 1. The van der Waals surface area contributed by atoms with Crippen LogP contribution < -0.4 is 10.6 Å². The zero-order chi connectivity index (χ0) is 15.3. The lowest BCUT2D eigenvalue weighted by atomic mass is 10.0. The van der Waals surface area contributed by atoms with Gasteiger partial charge in [-0.3, -0.25) is 9.59 Å². The number of hydrogen-bond donors (Lipinski definition) is 3. The van der Waals surface area contributed by atoms with Crippen LogP contribution in [0.25, 0.3) is 0 Å². The first-order valence-electron chi connectivity index (χ1n) is 6.21. The number of carbonyl (C=O) groups excluding carboxylic acids is 2. The summed E-state index contributed by atoms with van der Waals surface area (Å²) >= 11 is 0. The molecule has 0 saturated carbocycles. The maximum Gasteiger partial charge on any atom is 0.239 e. The van der Waals surface area contributed by atoms with Gasteiger partial charge in [0.2, 0.25) is 11.8 Å². The van der Waals surface area contributed by atoms with Gasteiger partial charge in [-0.2, -0.15) is 0 Å². The van der Waals surface area contributed by atoms with Gasteiger partial charge in [0, 0.05) is 6.54 Å². The van der Waals surface area contributed by atoms with Gasteiger partial charge >= 0.3 is 0 Å². The number of halogens is 2. The van der Waals surface area contributed by atoms with Crippen molar-refractivity contribution in [3.63, 3.8) is 0 Å². The SMILES string of the molecule is CC.O=C1NCC(O)C1C(=O)Nc1cccc(F)c1F. The van der Waals surface area contributed by atoms with Gasteiger partial charge in [-0.05, 0) is 12.1 Å². The van der Waals surface area contributed by atoms with E-state index < -0.39 is 35.5 Å². The van der Waals surface area contributed by atoms with Gasteiger partial charge in [-0.15, -0.1) is 0 Å². The molecule has 2 amide bonds. The Bertz CT molecular complexity index is 508. The Morgan fingerprint density at radius 1 is 1.40 bits per heavy atom. The summed E-state index contributed by atoms with van der Waals surface area (Å²) in [4.78, 5) is 22.9. The minimum Gasteiger partial charge on any atom is -0.390 e. The number of β-amino-alcohol motifs (C(OH)–C–C–N with tert-alkyl or cyclic N) is 1. The van der Waals surface area contributed by atoms with E-state index in [-0.39, 0.29) is 12.2 Å². The van der Waals surface area contributed by atoms with Crippen molar-refractivity contribution in [3.8, 4) is 0 Å². The number of amides is 2. The van der Waals surface area contributed by atoms with Crippen LogP contribution in [0.2, 0.25) is 0 Å². The van der Waals surface area contributed by atoms with E-state index in [9.17, 15) is 23.5 Å². The molecule has 7 heteroatoms. The molecule has 1 aromatic carbocycles. The fourth-order valence-electron chi connectivity index (χ4n) is 1.71. The molecule has 110 valence electrons. The maximum atomic E-state index is 13.3. The molecule has 2 unspecified atom stereocenters. The third kappa shape index (κ3) is 3.30. The van der Waals surface area contributed by atoms with Crippen molar-refractivity contribution in [3.05, 3.63) is 29.8 Å². The molecule has 3 N–H and O–H groups in total. The lowest BCUT2D eigenvalue weighted by molar-refractivity contribution is -0.132. The van der Waals surface area contributed by atoms with Crippen LogP contribution in [0, 0.1) is 17.6 Å². The number of rotatable bonds is 2. The normalized spacial score (nSPS) is 20.8. The van der Waals surface area contributed by atoms with Crippen LogP contribution in [0.3, 0.4) is 0 Å². The number of aliphatic hydroxyl groups excluding tert-OH is 1. The highest BCUT2D eigenvalue weighted by Crippen LogP contribution is 2.19. The van der Waals surface area contributed by atoms with Crippen LogP contribution in [0.15, 0.2) is 18.2 Å². The van der Waals surface area contributed by atoms with Gasteiger partial charge in [0.25, 0.3) is 0 Å². The highest BCUT2D eigenvalue weighted by atomic mass is 19.2. The first-order chi connectivity index (χ1) is 9.50.